The molecule has 0 unspecified atom stereocenters. The number of nitrogens with one attached hydrogen (secondary N) is 1. The highest BCUT2D eigenvalue weighted by Gasteiger charge is 2.31. The smallest absolute Gasteiger partial charge is 0.266 e. The zero-order valence-electron chi connectivity index (χ0n) is 19.1. The number of rotatable bonds is 9. The van der Waals surface area contributed by atoms with E-state index in [1.165, 1.54) is 28.7 Å². The van der Waals surface area contributed by atoms with Crippen LogP contribution in [-0.2, 0) is 22.4 Å². The van der Waals surface area contributed by atoms with E-state index in [4.69, 9.17) is 23.8 Å². The van der Waals surface area contributed by atoms with Gasteiger partial charge in [-0.05, 0) is 47.7 Å². The van der Waals surface area contributed by atoms with Gasteiger partial charge in [-0.1, -0.05) is 78.9 Å². The summed E-state index contributed by atoms with van der Waals surface area (Å²) in [6, 6.07) is 15.8. The summed E-state index contributed by atoms with van der Waals surface area (Å²) in [5.41, 5.74) is 3.36. The molecular formula is C26H24ClN3O2S3. The van der Waals surface area contributed by atoms with Crippen molar-refractivity contribution in [2.75, 3.05) is 11.9 Å². The largest absolute Gasteiger partial charge is 0.302 e. The summed E-state index contributed by atoms with van der Waals surface area (Å²) in [5.74, 6) is -0.235. The molecule has 2 amide bonds. The molecule has 35 heavy (non-hydrogen) atoms. The fourth-order valence-corrected chi connectivity index (χ4v) is 5.82. The minimum atomic E-state index is -0.130. The topological polar surface area (TPSA) is 62.3 Å². The predicted octanol–water partition coefficient (Wildman–Crippen LogP) is 6.57. The number of hydrogen-bond acceptors (Lipinski definition) is 6. The highest BCUT2D eigenvalue weighted by atomic mass is 35.5. The Balaban J connectivity index is 1.25. The maximum Gasteiger partial charge on any atom is 0.266 e. The van der Waals surface area contributed by atoms with Crippen LogP contribution in [0.3, 0.4) is 0 Å². The summed E-state index contributed by atoms with van der Waals surface area (Å²) >= 11 is 14.1. The van der Waals surface area contributed by atoms with Crippen LogP contribution in [0.5, 0.6) is 0 Å². The molecule has 0 atom stereocenters. The molecule has 2 aromatic carbocycles. The molecule has 0 saturated carbocycles. The third kappa shape index (κ3) is 7.01. The third-order valence-corrected chi connectivity index (χ3v) is 7.98. The fraction of sp³-hybridized carbons (Fsp3) is 0.231. The van der Waals surface area contributed by atoms with E-state index in [0.717, 1.165) is 28.8 Å². The van der Waals surface area contributed by atoms with Gasteiger partial charge in [-0.3, -0.25) is 14.5 Å². The van der Waals surface area contributed by atoms with Crippen LogP contribution in [0.4, 0.5) is 5.13 Å². The van der Waals surface area contributed by atoms with Crippen molar-refractivity contribution in [3.63, 3.8) is 0 Å². The standard InChI is InChI=1S/C26H24ClN3O2S3/c1-2-17-5-7-19(8-6-17)15-22-24(32)30(26(33)35-22)13-3-4-23(31)29-25-28-16-21(34-25)14-18-9-11-20(27)12-10-18/h5-12,15-16H,2-4,13-14H2,1H3,(H,28,29,31)/b22-15-. The summed E-state index contributed by atoms with van der Waals surface area (Å²) in [6.45, 7) is 2.52. The second-order valence-electron chi connectivity index (χ2n) is 8.02. The van der Waals surface area contributed by atoms with Crippen LogP contribution in [0.1, 0.15) is 41.3 Å². The highest BCUT2D eigenvalue weighted by Crippen LogP contribution is 2.33. The molecule has 1 N–H and O–H groups in total. The lowest BCUT2D eigenvalue weighted by Crippen LogP contribution is -2.29. The number of nitrogens with zero attached hydrogens (tertiary/aromatic N) is 2. The zero-order chi connectivity index (χ0) is 24.8. The van der Waals surface area contributed by atoms with Gasteiger partial charge in [0, 0.05) is 35.5 Å². The van der Waals surface area contributed by atoms with E-state index >= 15 is 0 Å². The maximum absolute atomic E-state index is 12.8. The zero-order valence-corrected chi connectivity index (χ0v) is 22.3. The van der Waals surface area contributed by atoms with Crippen molar-refractivity contribution in [1.82, 2.24) is 9.88 Å². The van der Waals surface area contributed by atoms with E-state index in [1.807, 2.05) is 42.5 Å². The number of thiazole rings is 1. The van der Waals surface area contributed by atoms with Gasteiger partial charge in [0.2, 0.25) is 5.91 Å². The van der Waals surface area contributed by atoms with Crippen molar-refractivity contribution in [2.45, 2.75) is 32.6 Å². The molecular weight excluding hydrogens is 518 g/mol. The van der Waals surface area contributed by atoms with Gasteiger partial charge in [0.1, 0.15) is 4.32 Å². The minimum Gasteiger partial charge on any atom is -0.302 e. The summed E-state index contributed by atoms with van der Waals surface area (Å²) in [5, 5.41) is 4.12. The predicted molar refractivity (Wildman–Crippen MR) is 150 cm³/mol. The van der Waals surface area contributed by atoms with E-state index in [9.17, 15) is 9.59 Å². The number of carbonyl (C=O) groups is 2. The quantitative estimate of drug-likeness (QED) is 0.245. The van der Waals surface area contributed by atoms with E-state index in [-0.39, 0.29) is 18.2 Å². The first kappa shape index (κ1) is 25.6. The summed E-state index contributed by atoms with van der Waals surface area (Å²) in [4.78, 5) is 32.8. The molecule has 1 aliphatic rings. The Morgan fingerprint density at radius 3 is 2.57 bits per heavy atom. The first-order valence-electron chi connectivity index (χ1n) is 11.2. The highest BCUT2D eigenvalue weighted by molar-refractivity contribution is 8.26. The van der Waals surface area contributed by atoms with Crippen LogP contribution >= 0.6 is 46.9 Å². The van der Waals surface area contributed by atoms with Crippen LogP contribution in [-0.4, -0.2) is 32.6 Å². The monoisotopic (exact) mass is 541 g/mol. The Hall–Kier alpha value is -2.52. The number of thioether (sulfide) groups is 1. The number of aromatic nitrogens is 1. The Labute approximate surface area is 223 Å². The van der Waals surface area contributed by atoms with Crippen molar-refractivity contribution in [1.29, 1.82) is 0 Å². The second-order valence-corrected chi connectivity index (χ2v) is 11.2. The number of benzene rings is 2. The molecule has 2 heterocycles. The Morgan fingerprint density at radius 2 is 1.86 bits per heavy atom. The summed E-state index contributed by atoms with van der Waals surface area (Å²) in [7, 11) is 0. The molecule has 1 fully saturated rings. The molecule has 4 rings (SSSR count). The lowest BCUT2D eigenvalue weighted by Gasteiger charge is -2.13. The van der Waals surface area contributed by atoms with Crippen molar-refractivity contribution in [3.8, 4) is 0 Å². The van der Waals surface area contributed by atoms with Gasteiger partial charge in [0.05, 0.1) is 4.91 Å². The van der Waals surface area contributed by atoms with E-state index in [0.29, 0.717) is 32.3 Å². The van der Waals surface area contributed by atoms with Crippen LogP contribution < -0.4 is 5.32 Å². The molecule has 0 aliphatic carbocycles. The van der Waals surface area contributed by atoms with Crippen molar-refractivity contribution < 1.29 is 9.59 Å². The number of aryl methyl sites for hydroxylation is 1. The van der Waals surface area contributed by atoms with Gasteiger partial charge >= 0.3 is 0 Å². The number of hydrogen-bond donors (Lipinski definition) is 1. The Bertz CT molecular complexity index is 1250. The lowest BCUT2D eigenvalue weighted by atomic mass is 10.1. The summed E-state index contributed by atoms with van der Waals surface area (Å²) in [6.07, 6.45) is 6.14. The van der Waals surface area contributed by atoms with Crippen LogP contribution in [0.15, 0.2) is 59.6 Å². The first-order valence-corrected chi connectivity index (χ1v) is 13.7. The van der Waals surface area contributed by atoms with E-state index in [1.54, 1.807) is 11.1 Å². The lowest BCUT2D eigenvalue weighted by molar-refractivity contribution is -0.122. The number of halogens is 1. The molecule has 1 aliphatic heterocycles. The van der Waals surface area contributed by atoms with Crippen molar-refractivity contribution in [3.05, 3.63) is 86.2 Å². The van der Waals surface area contributed by atoms with Crippen molar-refractivity contribution in [2.24, 2.45) is 0 Å². The van der Waals surface area contributed by atoms with Gasteiger partial charge in [-0.15, -0.1) is 11.3 Å². The van der Waals surface area contributed by atoms with E-state index in [2.05, 4.69) is 29.4 Å². The van der Waals surface area contributed by atoms with Crippen LogP contribution in [0.2, 0.25) is 5.02 Å². The number of anilines is 1. The Morgan fingerprint density at radius 1 is 1.14 bits per heavy atom. The third-order valence-electron chi connectivity index (χ3n) is 5.44. The van der Waals surface area contributed by atoms with E-state index < -0.39 is 0 Å². The van der Waals surface area contributed by atoms with Gasteiger partial charge in [0.15, 0.2) is 5.13 Å². The number of amides is 2. The molecule has 5 nitrogen and oxygen atoms in total. The average molecular weight is 542 g/mol. The minimum absolute atomic E-state index is 0.105. The molecule has 0 bridgehead atoms. The number of thiocarbonyl (C=S) groups is 1. The fourth-order valence-electron chi connectivity index (χ4n) is 3.52. The Kier molecular flexibility index (Phi) is 8.73. The average Bonchev–Trinajstić information content (AvgIpc) is 3.39. The molecule has 1 aromatic heterocycles. The molecule has 1 saturated heterocycles. The van der Waals surface area contributed by atoms with Gasteiger partial charge < -0.3 is 5.32 Å². The first-order chi connectivity index (χ1) is 16.9. The molecule has 3 aromatic rings. The number of carbonyl (C=O) groups excluding carboxylic acids is 2. The summed E-state index contributed by atoms with van der Waals surface area (Å²) < 4.78 is 0.526. The normalized spacial score (nSPS) is 14.7. The van der Waals surface area contributed by atoms with Gasteiger partial charge in [-0.25, -0.2) is 4.98 Å². The molecule has 9 heteroatoms. The van der Waals surface area contributed by atoms with Gasteiger partial charge in [0.25, 0.3) is 5.91 Å². The molecule has 180 valence electrons. The second kappa shape index (κ2) is 11.9. The SMILES string of the molecule is CCc1ccc(/C=C2\SC(=S)N(CCCC(=O)Nc3ncc(Cc4ccc(Cl)cc4)s3)C2=O)cc1. The van der Waals surface area contributed by atoms with Crippen molar-refractivity contribution >= 4 is 74.3 Å². The van der Waals surface area contributed by atoms with Crippen LogP contribution in [0.25, 0.3) is 6.08 Å². The molecule has 0 spiro atoms. The maximum atomic E-state index is 12.8. The molecule has 0 radical (unpaired) electrons. The van der Waals surface area contributed by atoms with Crippen LogP contribution in [0, 0.1) is 0 Å². The van der Waals surface area contributed by atoms with Gasteiger partial charge in [-0.2, -0.15) is 0 Å².